The Kier molecular flexibility index (Phi) is 3.68. The number of aryl methyl sites for hydroxylation is 2. The highest BCUT2D eigenvalue weighted by atomic mass is 16.3. The van der Waals surface area contributed by atoms with Gasteiger partial charge in [-0.05, 0) is 31.5 Å². The minimum absolute atomic E-state index is 0.0165. The number of β-amino-alcohol motifs (C(OH)–C–C–N with tert-alkyl or cyclic N) is 1. The molecule has 18 heavy (non-hydrogen) atoms. The molecule has 1 aliphatic rings. The van der Waals surface area contributed by atoms with Crippen molar-refractivity contribution in [3.05, 3.63) is 28.8 Å². The maximum atomic E-state index is 12.4. The molecule has 0 saturated carbocycles. The van der Waals surface area contributed by atoms with Gasteiger partial charge in [0.1, 0.15) is 6.04 Å². The van der Waals surface area contributed by atoms with Crippen LogP contribution in [0.2, 0.25) is 0 Å². The van der Waals surface area contributed by atoms with Gasteiger partial charge in [-0.3, -0.25) is 4.79 Å². The van der Waals surface area contributed by atoms with Gasteiger partial charge in [-0.25, -0.2) is 0 Å². The summed E-state index contributed by atoms with van der Waals surface area (Å²) in [7, 11) is 0. The van der Waals surface area contributed by atoms with Crippen molar-refractivity contribution in [3.63, 3.8) is 0 Å². The van der Waals surface area contributed by atoms with E-state index in [2.05, 4.69) is 5.32 Å². The second-order valence-electron chi connectivity index (χ2n) is 4.67. The van der Waals surface area contributed by atoms with E-state index in [1.165, 1.54) is 0 Å². The topological polar surface area (TPSA) is 52.6 Å². The number of rotatable bonds is 4. The molecule has 1 aromatic rings. The number of nitrogens with zero attached hydrogens (tertiary/aromatic N) is 1. The van der Waals surface area contributed by atoms with Gasteiger partial charge >= 0.3 is 0 Å². The smallest absolute Gasteiger partial charge is 0.248 e. The number of hydrogen-bond donors (Lipinski definition) is 2. The number of fused-ring (bicyclic) bond motifs is 1. The molecule has 1 unspecified atom stereocenters. The lowest BCUT2D eigenvalue weighted by Gasteiger charge is -2.18. The number of nitrogens with one attached hydrogen (secondary N) is 1. The Morgan fingerprint density at radius 1 is 1.33 bits per heavy atom. The average Bonchev–Trinajstić information content (AvgIpc) is 2.62. The second-order valence-corrected chi connectivity index (χ2v) is 4.67. The average molecular weight is 248 g/mol. The van der Waals surface area contributed by atoms with E-state index in [4.69, 9.17) is 5.11 Å². The first-order valence-corrected chi connectivity index (χ1v) is 6.37. The zero-order chi connectivity index (χ0) is 13.3. The summed E-state index contributed by atoms with van der Waals surface area (Å²) in [4.78, 5) is 14.1. The number of aliphatic hydroxyl groups excluding tert-OH is 1. The summed E-state index contributed by atoms with van der Waals surface area (Å²) in [5.74, 6) is 0.0401. The summed E-state index contributed by atoms with van der Waals surface area (Å²) < 4.78 is 0. The minimum atomic E-state index is -0.267. The van der Waals surface area contributed by atoms with E-state index in [1.807, 2.05) is 32.9 Å². The van der Waals surface area contributed by atoms with Crippen molar-refractivity contribution < 1.29 is 9.90 Å². The van der Waals surface area contributed by atoms with Crippen LogP contribution in [0.5, 0.6) is 0 Å². The van der Waals surface area contributed by atoms with Crippen LogP contribution < -0.4 is 10.2 Å². The van der Waals surface area contributed by atoms with E-state index in [0.717, 1.165) is 28.9 Å². The largest absolute Gasteiger partial charge is 0.395 e. The fourth-order valence-electron chi connectivity index (χ4n) is 2.65. The summed E-state index contributed by atoms with van der Waals surface area (Å²) in [6.45, 7) is 7.11. The molecule has 1 amide bonds. The summed E-state index contributed by atoms with van der Waals surface area (Å²) in [6, 6.07) is 3.81. The van der Waals surface area contributed by atoms with Crippen LogP contribution in [0.25, 0.3) is 0 Å². The van der Waals surface area contributed by atoms with Crippen LogP contribution in [0.3, 0.4) is 0 Å². The van der Waals surface area contributed by atoms with Gasteiger partial charge in [0, 0.05) is 12.1 Å². The normalized spacial score (nSPS) is 18.3. The highest BCUT2D eigenvalue weighted by molar-refractivity contribution is 6.06. The van der Waals surface area contributed by atoms with Crippen LogP contribution in [-0.2, 0) is 4.79 Å². The summed E-state index contributed by atoms with van der Waals surface area (Å²) in [6.07, 6.45) is 0. The van der Waals surface area contributed by atoms with Gasteiger partial charge in [-0.15, -0.1) is 0 Å². The molecular weight excluding hydrogens is 228 g/mol. The lowest BCUT2D eigenvalue weighted by molar-refractivity contribution is -0.120. The number of amides is 1. The van der Waals surface area contributed by atoms with Crippen molar-refractivity contribution in [2.75, 3.05) is 24.6 Å². The standard InChI is InChI=1S/C14H20N2O2/c1-4-15-12-11-9(2)5-6-10(3)13(11)16(7-8-17)14(12)18/h5-6,12,15,17H,4,7-8H2,1-3H3. The van der Waals surface area contributed by atoms with Crippen molar-refractivity contribution in [2.24, 2.45) is 0 Å². The van der Waals surface area contributed by atoms with Crippen molar-refractivity contribution in [1.29, 1.82) is 0 Å². The predicted octanol–water partition coefficient (Wildman–Crippen LogP) is 1.29. The lowest BCUT2D eigenvalue weighted by Crippen LogP contribution is -2.36. The fourth-order valence-corrected chi connectivity index (χ4v) is 2.65. The Balaban J connectivity index is 2.55. The Hall–Kier alpha value is -1.39. The summed E-state index contributed by atoms with van der Waals surface area (Å²) >= 11 is 0. The molecule has 0 fully saturated rings. The first-order valence-electron chi connectivity index (χ1n) is 6.37. The van der Waals surface area contributed by atoms with Crippen LogP contribution in [0.4, 0.5) is 5.69 Å². The van der Waals surface area contributed by atoms with Crippen molar-refractivity contribution >= 4 is 11.6 Å². The number of carbonyl (C=O) groups excluding carboxylic acids is 1. The Bertz CT molecular complexity index is 430. The SMILES string of the molecule is CCNC1C(=O)N(CCO)c2c(C)ccc(C)c21. The van der Waals surface area contributed by atoms with Crippen molar-refractivity contribution in [1.82, 2.24) is 5.32 Å². The number of benzene rings is 1. The molecule has 2 N–H and O–H groups in total. The molecule has 2 rings (SSSR count). The van der Waals surface area contributed by atoms with Gasteiger partial charge in [-0.1, -0.05) is 19.1 Å². The molecule has 1 atom stereocenters. The third-order valence-electron chi connectivity index (χ3n) is 3.44. The van der Waals surface area contributed by atoms with E-state index in [0.29, 0.717) is 6.54 Å². The number of carbonyl (C=O) groups is 1. The van der Waals surface area contributed by atoms with Crippen molar-refractivity contribution in [2.45, 2.75) is 26.8 Å². The molecule has 0 spiro atoms. The lowest BCUT2D eigenvalue weighted by atomic mass is 9.99. The monoisotopic (exact) mass is 248 g/mol. The molecule has 4 heteroatoms. The van der Waals surface area contributed by atoms with Crippen LogP contribution in [0, 0.1) is 13.8 Å². The van der Waals surface area contributed by atoms with Gasteiger partial charge in [0.2, 0.25) is 5.91 Å². The molecule has 0 radical (unpaired) electrons. The molecule has 0 aromatic heterocycles. The number of aliphatic hydroxyl groups is 1. The first-order chi connectivity index (χ1) is 8.61. The minimum Gasteiger partial charge on any atom is -0.395 e. The molecule has 0 saturated heterocycles. The van der Waals surface area contributed by atoms with Crippen LogP contribution in [0.15, 0.2) is 12.1 Å². The van der Waals surface area contributed by atoms with Crippen LogP contribution >= 0.6 is 0 Å². The maximum Gasteiger partial charge on any atom is 0.248 e. The third kappa shape index (κ3) is 1.91. The number of anilines is 1. The van der Waals surface area contributed by atoms with E-state index < -0.39 is 0 Å². The highest BCUT2D eigenvalue weighted by Gasteiger charge is 2.38. The van der Waals surface area contributed by atoms with E-state index in [1.54, 1.807) is 4.90 Å². The van der Waals surface area contributed by atoms with Crippen LogP contribution in [-0.4, -0.2) is 30.7 Å². The summed E-state index contributed by atoms with van der Waals surface area (Å²) in [5.41, 5.74) is 4.24. The first kappa shape index (κ1) is 13.1. The van der Waals surface area contributed by atoms with E-state index >= 15 is 0 Å². The van der Waals surface area contributed by atoms with Gasteiger partial charge < -0.3 is 15.3 Å². The quantitative estimate of drug-likeness (QED) is 0.844. The second kappa shape index (κ2) is 5.08. The predicted molar refractivity (Wildman–Crippen MR) is 71.8 cm³/mol. The third-order valence-corrected chi connectivity index (χ3v) is 3.44. The molecule has 0 bridgehead atoms. The Labute approximate surface area is 108 Å². The molecule has 1 aromatic carbocycles. The van der Waals surface area contributed by atoms with Crippen LogP contribution in [0.1, 0.15) is 29.7 Å². The van der Waals surface area contributed by atoms with E-state index in [9.17, 15) is 4.79 Å². The van der Waals surface area contributed by atoms with Gasteiger partial charge in [0.15, 0.2) is 0 Å². The maximum absolute atomic E-state index is 12.4. The zero-order valence-electron chi connectivity index (χ0n) is 11.2. The molecule has 1 aliphatic heterocycles. The zero-order valence-corrected chi connectivity index (χ0v) is 11.2. The van der Waals surface area contributed by atoms with Gasteiger partial charge in [0.25, 0.3) is 0 Å². The molecule has 98 valence electrons. The number of likely N-dealkylation sites (N-methyl/N-ethyl adjacent to an activating group) is 1. The molecule has 4 nitrogen and oxygen atoms in total. The van der Waals surface area contributed by atoms with Crippen molar-refractivity contribution in [3.8, 4) is 0 Å². The van der Waals surface area contributed by atoms with Gasteiger partial charge in [-0.2, -0.15) is 0 Å². The summed E-state index contributed by atoms with van der Waals surface area (Å²) in [5, 5.41) is 12.4. The Morgan fingerprint density at radius 3 is 2.61 bits per heavy atom. The van der Waals surface area contributed by atoms with Gasteiger partial charge in [0.05, 0.1) is 12.3 Å². The number of hydrogen-bond acceptors (Lipinski definition) is 3. The Morgan fingerprint density at radius 2 is 2.00 bits per heavy atom. The molecular formula is C14H20N2O2. The molecule has 0 aliphatic carbocycles. The molecule has 1 heterocycles. The highest BCUT2D eigenvalue weighted by Crippen LogP contribution is 2.40. The fraction of sp³-hybridized carbons (Fsp3) is 0.500. The van der Waals surface area contributed by atoms with E-state index in [-0.39, 0.29) is 18.6 Å².